The van der Waals surface area contributed by atoms with Crippen molar-refractivity contribution in [1.82, 2.24) is 5.32 Å². The summed E-state index contributed by atoms with van der Waals surface area (Å²) in [5.41, 5.74) is 4.72. The van der Waals surface area contributed by atoms with E-state index in [1.54, 1.807) is 0 Å². The molecule has 4 nitrogen and oxygen atoms in total. The molecule has 0 heterocycles. The van der Waals surface area contributed by atoms with E-state index < -0.39 is 5.54 Å². The molecule has 1 aliphatic carbocycles. The van der Waals surface area contributed by atoms with Crippen LogP contribution in [-0.2, 0) is 9.53 Å². The molecule has 0 spiro atoms. The van der Waals surface area contributed by atoms with Crippen LogP contribution < -0.4 is 11.1 Å². The molecule has 0 aromatic carbocycles. The fraction of sp³-hybridized carbons (Fsp3) is 0.929. The second-order valence-electron chi connectivity index (χ2n) is 6.11. The van der Waals surface area contributed by atoms with Gasteiger partial charge in [0, 0.05) is 6.04 Å². The lowest BCUT2D eigenvalue weighted by Gasteiger charge is -2.34. The summed E-state index contributed by atoms with van der Waals surface area (Å²) in [6.45, 7) is 8.41. The predicted molar refractivity (Wildman–Crippen MR) is 73.2 cm³/mol. The summed E-state index contributed by atoms with van der Waals surface area (Å²) >= 11 is 0. The average Bonchev–Trinajstić information content (AvgIpc) is 2.27. The number of ether oxygens (including phenoxy) is 1. The van der Waals surface area contributed by atoms with Crippen molar-refractivity contribution in [3.8, 4) is 0 Å². The summed E-state index contributed by atoms with van der Waals surface area (Å²) < 4.78 is 5.96. The predicted octanol–water partition coefficient (Wildman–Crippen LogP) is 1.82. The number of carbonyl (C=O) groups excluding carboxylic acids is 1. The lowest BCUT2D eigenvalue weighted by molar-refractivity contribution is -0.129. The topological polar surface area (TPSA) is 64.3 Å². The van der Waals surface area contributed by atoms with Gasteiger partial charge in [-0.15, -0.1) is 0 Å². The third-order valence-corrected chi connectivity index (χ3v) is 3.77. The summed E-state index contributed by atoms with van der Waals surface area (Å²) in [5.74, 6) is 0.231. The number of hydrogen-bond donors (Lipinski definition) is 2. The maximum atomic E-state index is 11.6. The molecule has 0 aromatic rings. The van der Waals surface area contributed by atoms with E-state index in [1.807, 2.05) is 20.8 Å². The van der Waals surface area contributed by atoms with Crippen molar-refractivity contribution in [3.05, 3.63) is 0 Å². The van der Waals surface area contributed by atoms with Gasteiger partial charge in [0.25, 0.3) is 0 Å². The molecule has 3 atom stereocenters. The van der Waals surface area contributed by atoms with E-state index >= 15 is 0 Å². The van der Waals surface area contributed by atoms with Gasteiger partial charge in [0.05, 0.1) is 12.7 Å². The quantitative estimate of drug-likeness (QED) is 0.762. The monoisotopic (exact) mass is 256 g/mol. The number of carbonyl (C=O) groups is 1. The molecule has 4 heteroatoms. The number of nitrogens with two attached hydrogens (primary N) is 1. The number of hydrogen-bond acceptors (Lipinski definition) is 3. The average molecular weight is 256 g/mol. The summed E-state index contributed by atoms with van der Waals surface area (Å²) in [6, 6.07) is 0.204. The normalized spacial score (nSPS) is 28.1. The van der Waals surface area contributed by atoms with Crippen molar-refractivity contribution >= 4 is 5.91 Å². The first kappa shape index (κ1) is 15.4. The first-order valence-corrected chi connectivity index (χ1v) is 7.04. The van der Waals surface area contributed by atoms with Crippen molar-refractivity contribution in [2.45, 2.75) is 71.1 Å². The van der Waals surface area contributed by atoms with Gasteiger partial charge in [-0.05, 0) is 39.5 Å². The number of nitrogens with one attached hydrogen (secondary N) is 1. The van der Waals surface area contributed by atoms with Gasteiger partial charge in [-0.1, -0.05) is 19.8 Å². The second-order valence-corrected chi connectivity index (χ2v) is 6.11. The molecule has 0 bridgehead atoms. The van der Waals surface area contributed by atoms with Crippen LogP contribution in [0.2, 0.25) is 0 Å². The Morgan fingerprint density at radius 3 is 2.56 bits per heavy atom. The van der Waals surface area contributed by atoms with Crippen molar-refractivity contribution in [2.75, 3.05) is 6.61 Å². The fourth-order valence-electron chi connectivity index (χ4n) is 2.62. The van der Waals surface area contributed by atoms with E-state index in [0.717, 1.165) is 6.42 Å². The Morgan fingerprint density at radius 1 is 1.44 bits per heavy atom. The molecule has 1 aliphatic rings. The van der Waals surface area contributed by atoms with E-state index in [1.165, 1.54) is 19.3 Å². The van der Waals surface area contributed by atoms with Crippen molar-refractivity contribution < 1.29 is 9.53 Å². The van der Waals surface area contributed by atoms with Crippen LogP contribution in [0.25, 0.3) is 0 Å². The standard InChI is InChI=1S/C14H28N2O2/c1-10(2)16-14(4,13(15)17)9-18-12-8-6-5-7-11(12)3/h10-12,16H,5-9H2,1-4H3,(H2,15,17). The van der Waals surface area contributed by atoms with Gasteiger partial charge in [0.1, 0.15) is 5.54 Å². The largest absolute Gasteiger partial charge is 0.375 e. The molecule has 1 rings (SSSR count). The minimum absolute atomic E-state index is 0.204. The summed E-state index contributed by atoms with van der Waals surface area (Å²) in [6.07, 6.45) is 5.09. The van der Waals surface area contributed by atoms with Gasteiger partial charge >= 0.3 is 0 Å². The van der Waals surface area contributed by atoms with Crippen LogP contribution in [-0.4, -0.2) is 30.2 Å². The van der Waals surface area contributed by atoms with Gasteiger partial charge in [0.15, 0.2) is 0 Å². The van der Waals surface area contributed by atoms with Gasteiger partial charge in [-0.2, -0.15) is 0 Å². The smallest absolute Gasteiger partial charge is 0.239 e. The van der Waals surface area contributed by atoms with Gasteiger partial charge in [-0.3, -0.25) is 10.1 Å². The number of amides is 1. The lowest BCUT2D eigenvalue weighted by atomic mass is 9.88. The van der Waals surface area contributed by atoms with Crippen LogP contribution in [0.4, 0.5) is 0 Å². The van der Waals surface area contributed by atoms with Crippen LogP contribution in [0.3, 0.4) is 0 Å². The van der Waals surface area contributed by atoms with Crippen LogP contribution in [0.1, 0.15) is 53.4 Å². The molecule has 0 saturated heterocycles. The van der Waals surface area contributed by atoms with Gasteiger partial charge < -0.3 is 10.5 Å². The molecular formula is C14H28N2O2. The minimum atomic E-state index is -0.772. The van der Waals surface area contributed by atoms with Crippen LogP contribution in [0.5, 0.6) is 0 Å². The first-order valence-electron chi connectivity index (χ1n) is 7.04. The molecule has 3 unspecified atom stereocenters. The van der Waals surface area contributed by atoms with Gasteiger partial charge in [-0.25, -0.2) is 0 Å². The Bertz CT molecular complexity index is 281. The first-order chi connectivity index (χ1) is 8.35. The zero-order valence-corrected chi connectivity index (χ0v) is 12.2. The highest BCUT2D eigenvalue weighted by molar-refractivity contribution is 5.84. The Kier molecular flexibility index (Phi) is 5.60. The highest BCUT2D eigenvalue weighted by atomic mass is 16.5. The molecule has 0 aromatic heterocycles. The summed E-state index contributed by atoms with van der Waals surface area (Å²) in [4.78, 5) is 11.6. The van der Waals surface area contributed by atoms with E-state index in [2.05, 4.69) is 12.2 Å². The Hall–Kier alpha value is -0.610. The number of rotatable bonds is 6. The van der Waals surface area contributed by atoms with Crippen molar-refractivity contribution in [2.24, 2.45) is 11.7 Å². The molecule has 0 aliphatic heterocycles. The summed E-state index contributed by atoms with van der Waals surface area (Å²) in [7, 11) is 0. The fourth-order valence-corrected chi connectivity index (χ4v) is 2.62. The van der Waals surface area contributed by atoms with Crippen LogP contribution in [0, 0.1) is 5.92 Å². The zero-order valence-electron chi connectivity index (χ0n) is 12.2. The second kappa shape index (κ2) is 6.53. The van der Waals surface area contributed by atoms with Crippen molar-refractivity contribution in [1.29, 1.82) is 0 Å². The van der Waals surface area contributed by atoms with Crippen LogP contribution >= 0.6 is 0 Å². The zero-order chi connectivity index (χ0) is 13.8. The maximum absolute atomic E-state index is 11.6. The molecule has 106 valence electrons. The van der Waals surface area contributed by atoms with Crippen LogP contribution in [0.15, 0.2) is 0 Å². The molecule has 1 saturated carbocycles. The lowest BCUT2D eigenvalue weighted by Crippen LogP contribution is -2.59. The van der Waals surface area contributed by atoms with Gasteiger partial charge in [0.2, 0.25) is 5.91 Å². The molecular weight excluding hydrogens is 228 g/mol. The molecule has 1 amide bonds. The molecule has 0 radical (unpaired) electrons. The third-order valence-electron chi connectivity index (χ3n) is 3.77. The summed E-state index contributed by atoms with van der Waals surface area (Å²) in [5, 5.41) is 3.21. The van der Waals surface area contributed by atoms with Crippen molar-refractivity contribution in [3.63, 3.8) is 0 Å². The third kappa shape index (κ3) is 4.25. The highest BCUT2D eigenvalue weighted by Gasteiger charge is 2.34. The Labute approximate surface area is 111 Å². The number of primary amides is 1. The molecule has 1 fully saturated rings. The maximum Gasteiger partial charge on any atom is 0.239 e. The van der Waals surface area contributed by atoms with E-state index in [0.29, 0.717) is 12.5 Å². The Balaban J connectivity index is 2.53. The van der Waals surface area contributed by atoms with E-state index in [9.17, 15) is 4.79 Å². The van der Waals surface area contributed by atoms with E-state index in [4.69, 9.17) is 10.5 Å². The minimum Gasteiger partial charge on any atom is -0.375 e. The SMILES string of the molecule is CC(C)NC(C)(COC1CCCCC1C)C(N)=O. The molecule has 3 N–H and O–H groups in total. The van der Waals surface area contributed by atoms with E-state index in [-0.39, 0.29) is 18.1 Å². The molecule has 18 heavy (non-hydrogen) atoms. The Morgan fingerprint density at radius 2 is 2.06 bits per heavy atom. The highest BCUT2D eigenvalue weighted by Crippen LogP contribution is 2.27.